The molecule has 0 saturated heterocycles. The maximum atomic E-state index is 10.2. The van der Waals surface area contributed by atoms with Crippen LogP contribution < -0.4 is 0 Å². The molecule has 0 heterocycles. The number of rotatable bonds is 3. The van der Waals surface area contributed by atoms with E-state index in [-0.39, 0.29) is 6.54 Å². The molecular formula is C6H15NO2Si. The van der Waals surface area contributed by atoms with E-state index in [0.717, 1.165) is 0 Å². The lowest BCUT2D eigenvalue weighted by Gasteiger charge is -2.27. The molecule has 3 nitrogen and oxygen atoms in total. The number of carbonyl (C=O) groups is 1. The third-order valence-electron chi connectivity index (χ3n) is 1.52. The number of hydrogen-bond donors (Lipinski definition) is 1. The van der Waals surface area contributed by atoms with E-state index in [1.54, 1.807) is 0 Å². The molecule has 0 aromatic rings. The monoisotopic (exact) mass is 161 g/mol. The van der Waals surface area contributed by atoms with E-state index in [1.807, 2.05) is 11.6 Å². The van der Waals surface area contributed by atoms with Crippen LogP contribution in [0.15, 0.2) is 0 Å². The molecule has 0 unspecified atom stereocenters. The molecular weight excluding hydrogens is 146 g/mol. The zero-order valence-electron chi connectivity index (χ0n) is 7.01. The Hall–Kier alpha value is -0.353. The zero-order chi connectivity index (χ0) is 8.36. The fourth-order valence-electron chi connectivity index (χ4n) is 0.440. The Kier molecular flexibility index (Phi) is 3.05. The first kappa shape index (κ1) is 9.65. The summed E-state index contributed by atoms with van der Waals surface area (Å²) in [6.07, 6.45) is 0. The van der Waals surface area contributed by atoms with Gasteiger partial charge in [-0.3, -0.25) is 4.79 Å². The lowest BCUT2D eigenvalue weighted by Crippen LogP contribution is -2.45. The standard InChI is InChI=1S/C6H15NO2Si/c1-7(5-6(8)9)10(2,3)4/h5H2,1-4H3,(H,8,9). The van der Waals surface area contributed by atoms with Gasteiger partial charge in [-0.15, -0.1) is 0 Å². The lowest BCUT2D eigenvalue weighted by molar-refractivity contribution is -0.137. The fraction of sp³-hybridized carbons (Fsp3) is 0.833. The zero-order valence-corrected chi connectivity index (χ0v) is 8.01. The molecule has 0 aliphatic heterocycles. The molecule has 0 aromatic carbocycles. The Morgan fingerprint density at radius 3 is 2.00 bits per heavy atom. The Morgan fingerprint density at radius 1 is 1.50 bits per heavy atom. The van der Waals surface area contributed by atoms with Crippen LogP contribution in [0.1, 0.15) is 0 Å². The van der Waals surface area contributed by atoms with Crippen LogP contribution >= 0.6 is 0 Å². The van der Waals surface area contributed by atoms with Crippen molar-refractivity contribution in [1.29, 1.82) is 0 Å². The molecule has 0 aromatic heterocycles. The van der Waals surface area contributed by atoms with Crippen LogP contribution in [-0.4, -0.2) is 37.5 Å². The van der Waals surface area contributed by atoms with Crippen LogP contribution in [0.2, 0.25) is 19.6 Å². The van der Waals surface area contributed by atoms with E-state index in [9.17, 15) is 4.79 Å². The first-order valence-corrected chi connectivity index (χ1v) is 6.72. The van der Waals surface area contributed by atoms with Crippen LogP contribution in [0, 0.1) is 0 Å². The molecule has 0 aliphatic carbocycles. The topological polar surface area (TPSA) is 40.5 Å². The molecule has 10 heavy (non-hydrogen) atoms. The summed E-state index contributed by atoms with van der Waals surface area (Å²) in [5.74, 6) is -0.745. The molecule has 0 radical (unpaired) electrons. The fourth-order valence-corrected chi connectivity index (χ4v) is 1.05. The van der Waals surface area contributed by atoms with Gasteiger partial charge in [0.15, 0.2) is 0 Å². The molecule has 60 valence electrons. The molecule has 0 fully saturated rings. The van der Waals surface area contributed by atoms with E-state index in [2.05, 4.69) is 19.6 Å². The van der Waals surface area contributed by atoms with Crippen molar-refractivity contribution in [2.45, 2.75) is 19.6 Å². The number of carboxylic acid groups (broad SMARTS) is 1. The maximum absolute atomic E-state index is 10.2. The van der Waals surface area contributed by atoms with Crippen molar-refractivity contribution in [2.75, 3.05) is 13.6 Å². The quantitative estimate of drug-likeness (QED) is 0.623. The number of hydrogen-bond acceptors (Lipinski definition) is 2. The number of carboxylic acids is 1. The predicted molar refractivity (Wildman–Crippen MR) is 43.6 cm³/mol. The largest absolute Gasteiger partial charge is 0.480 e. The number of aliphatic carboxylic acids is 1. The van der Waals surface area contributed by atoms with E-state index >= 15 is 0 Å². The Balaban J connectivity index is 3.85. The molecule has 0 amide bonds. The Labute approximate surface area is 62.7 Å². The molecule has 1 N–H and O–H groups in total. The highest BCUT2D eigenvalue weighted by Crippen LogP contribution is 2.04. The van der Waals surface area contributed by atoms with Crippen LogP contribution in [0.5, 0.6) is 0 Å². The summed E-state index contributed by atoms with van der Waals surface area (Å²) in [6, 6.07) is 0. The SMILES string of the molecule is CN(CC(=O)O)[Si](C)(C)C. The van der Waals surface area contributed by atoms with Gasteiger partial charge in [0.1, 0.15) is 8.24 Å². The summed E-state index contributed by atoms with van der Waals surface area (Å²) in [5, 5.41) is 8.43. The maximum Gasteiger partial charge on any atom is 0.317 e. The molecule has 0 atom stereocenters. The van der Waals surface area contributed by atoms with Gasteiger partial charge < -0.3 is 9.67 Å². The average Bonchev–Trinajstić information content (AvgIpc) is 1.60. The number of nitrogens with zero attached hydrogens (tertiary/aromatic N) is 1. The summed E-state index contributed by atoms with van der Waals surface area (Å²) in [6.45, 7) is 6.53. The van der Waals surface area contributed by atoms with Gasteiger partial charge in [0.25, 0.3) is 0 Å². The van der Waals surface area contributed by atoms with Crippen LogP contribution in [0.4, 0.5) is 0 Å². The van der Waals surface area contributed by atoms with Gasteiger partial charge in [0, 0.05) is 0 Å². The first-order chi connectivity index (χ1) is 4.34. The molecule has 0 bridgehead atoms. The Morgan fingerprint density at radius 2 is 1.90 bits per heavy atom. The third kappa shape index (κ3) is 3.63. The van der Waals surface area contributed by atoms with Crippen molar-refractivity contribution in [2.24, 2.45) is 0 Å². The molecule has 0 rings (SSSR count). The van der Waals surface area contributed by atoms with Crippen molar-refractivity contribution >= 4 is 14.2 Å². The van der Waals surface area contributed by atoms with Crippen molar-refractivity contribution in [3.05, 3.63) is 0 Å². The summed E-state index contributed by atoms with van der Waals surface area (Å²) < 4.78 is 1.93. The van der Waals surface area contributed by atoms with Crippen molar-refractivity contribution in [3.63, 3.8) is 0 Å². The van der Waals surface area contributed by atoms with E-state index in [1.165, 1.54) is 0 Å². The van der Waals surface area contributed by atoms with E-state index in [0.29, 0.717) is 0 Å². The van der Waals surface area contributed by atoms with Crippen molar-refractivity contribution in [3.8, 4) is 0 Å². The van der Waals surface area contributed by atoms with Gasteiger partial charge in [-0.05, 0) is 7.05 Å². The number of likely N-dealkylation sites (N-methyl/N-ethyl adjacent to an activating group) is 1. The minimum atomic E-state index is -1.37. The highest BCUT2D eigenvalue weighted by Gasteiger charge is 2.21. The van der Waals surface area contributed by atoms with Crippen LogP contribution in [0.25, 0.3) is 0 Å². The second kappa shape index (κ2) is 3.16. The van der Waals surface area contributed by atoms with Crippen molar-refractivity contribution < 1.29 is 9.90 Å². The smallest absolute Gasteiger partial charge is 0.317 e. The van der Waals surface area contributed by atoms with Gasteiger partial charge in [-0.1, -0.05) is 19.6 Å². The normalized spacial score (nSPS) is 12.1. The van der Waals surface area contributed by atoms with Gasteiger partial charge in [0.2, 0.25) is 0 Å². The highest BCUT2D eigenvalue weighted by atomic mass is 28.3. The minimum absolute atomic E-state index is 0.162. The molecule has 0 spiro atoms. The summed E-state index contributed by atoms with van der Waals surface area (Å²) in [5.41, 5.74) is 0. The minimum Gasteiger partial charge on any atom is -0.480 e. The average molecular weight is 161 g/mol. The summed E-state index contributed by atoms with van der Waals surface area (Å²) in [7, 11) is 0.491. The van der Waals surface area contributed by atoms with Crippen molar-refractivity contribution in [1.82, 2.24) is 4.57 Å². The van der Waals surface area contributed by atoms with Gasteiger partial charge >= 0.3 is 5.97 Å². The highest BCUT2D eigenvalue weighted by molar-refractivity contribution is 6.73. The van der Waals surface area contributed by atoms with E-state index < -0.39 is 14.2 Å². The third-order valence-corrected chi connectivity index (χ3v) is 3.97. The van der Waals surface area contributed by atoms with Gasteiger partial charge in [-0.25, -0.2) is 0 Å². The summed E-state index contributed by atoms with van der Waals surface area (Å²) >= 11 is 0. The second-order valence-corrected chi connectivity index (χ2v) is 8.53. The molecule has 0 saturated carbocycles. The molecule has 0 aliphatic rings. The Bertz CT molecular complexity index is 130. The van der Waals surface area contributed by atoms with Crippen LogP contribution in [0.3, 0.4) is 0 Å². The van der Waals surface area contributed by atoms with Gasteiger partial charge in [-0.2, -0.15) is 0 Å². The summed E-state index contributed by atoms with van der Waals surface area (Å²) in [4.78, 5) is 10.2. The first-order valence-electron chi connectivity index (χ1n) is 3.27. The van der Waals surface area contributed by atoms with Gasteiger partial charge in [0.05, 0.1) is 6.54 Å². The second-order valence-electron chi connectivity index (χ2n) is 3.42. The molecule has 4 heteroatoms. The van der Waals surface area contributed by atoms with E-state index in [4.69, 9.17) is 5.11 Å². The predicted octanol–water partition coefficient (Wildman–Crippen LogP) is 0.838. The van der Waals surface area contributed by atoms with Crippen LogP contribution in [-0.2, 0) is 4.79 Å². The lowest BCUT2D eigenvalue weighted by atomic mass is 10.7.